The average Bonchev–Trinajstić information content (AvgIpc) is 2.37. The third-order valence-electron chi connectivity index (χ3n) is 2.85. The zero-order chi connectivity index (χ0) is 13.0. The maximum Gasteiger partial charge on any atom is 0.416 e. The van der Waals surface area contributed by atoms with Crippen LogP contribution < -0.4 is 0 Å². The highest BCUT2D eigenvalue weighted by molar-refractivity contribution is 5.43. The van der Waals surface area contributed by atoms with E-state index in [1.807, 2.05) is 0 Å². The third kappa shape index (κ3) is 3.40. The fourth-order valence-electron chi connectivity index (χ4n) is 1.88. The van der Waals surface area contributed by atoms with Crippen molar-refractivity contribution in [3.63, 3.8) is 0 Å². The lowest BCUT2D eigenvalue weighted by molar-refractivity contribution is -0.137. The minimum atomic E-state index is -4.30. The van der Waals surface area contributed by atoms with Crippen LogP contribution in [0.5, 0.6) is 0 Å². The molecule has 0 radical (unpaired) electrons. The van der Waals surface area contributed by atoms with Gasteiger partial charge in [-0.1, -0.05) is 24.0 Å². The molecule has 1 aliphatic carbocycles. The standard InChI is InChI=1S/C15H13F3/c16-15(17,18)14-8-4-7-13(11-14)10-9-12-5-2-1-3-6-12/h4-5,7-8,11H,1-3,6H2. The van der Waals surface area contributed by atoms with Crippen LogP contribution in [0, 0.1) is 11.8 Å². The lowest BCUT2D eigenvalue weighted by atomic mass is 10.00. The van der Waals surface area contributed by atoms with Gasteiger partial charge in [0.05, 0.1) is 5.56 Å². The number of hydrogen-bond donors (Lipinski definition) is 0. The van der Waals surface area contributed by atoms with Gasteiger partial charge in [-0.2, -0.15) is 13.2 Å². The van der Waals surface area contributed by atoms with Crippen molar-refractivity contribution in [1.29, 1.82) is 0 Å². The number of allylic oxidation sites excluding steroid dienone is 2. The molecule has 1 aromatic rings. The van der Waals surface area contributed by atoms with Gasteiger partial charge in [0.1, 0.15) is 0 Å². The molecule has 1 aliphatic rings. The van der Waals surface area contributed by atoms with Crippen molar-refractivity contribution in [3.05, 3.63) is 47.0 Å². The summed E-state index contributed by atoms with van der Waals surface area (Å²) in [6.45, 7) is 0. The first kappa shape index (κ1) is 12.8. The van der Waals surface area contributed by atoms with E-state index in [4.69, 9.17) is 0 Å². The van der Waals surface area contributed by atoms with Crippen LogP contribution in [0.15, 0.2) is 35.9 Å². The van der Waals surface area contributed by atoms with Gasteiger partial charge in [0.25, 0.3) is 0 Å². The fraction of sp³-hybridized carbons (Fsp3) is 0.333. The molecule has 94 valence electrons. The van der Waals surface area contributed by atoms with Gasteiger partial charge in [-0.15, -0.1) is 0 Å². The van der Waals surface area contributed by atoms with Gasteiger partial charge in [-0.05, 0) is 49.5 Å². The molecular weight excluding hydrogens is 237 g/mol. The number of halogens is 3. The Bertz CT molecular complexity index is 513. The maximum atomic E-state index is 12.5. The van der Waals surface area contributed by atoms with Gasteiger partial charge in [-0.25, -0.2) is 0 Å². The van der Waals surface area contributed by atoms with Crippen LogP contribution in [-0.4, -0.2) is 0 Å². The summed E-state index contributed by atoms with van der Waals surface area (Å²) in [5.41, 5.74) is 0.807. The molecule has 0 heterocycles. The largest absolute Gasteiger partial charge is 0.416 e. The number of hydrogen-bond acceptors (Lipinski definition) is 0. The molecule has 0 spiro atoms. The normalized spacial score (nSPS) is 15.6. The van der Waals surface area contributed by atoms with Crippen molar-refractivity contribution in [2.75, 3.05) is 0 Å². The Labute approximate surface area is 105 Å². The minimum absolute atomic E-state index is 0.413. The van der Waals surface area contributed by atoms with Crippen LogP contribution in [0.1, 0.15) is 36.8 Å². The molecule has 1 aromatic carbocycles. The highest BCUT2D eigenvalue weighted by Crippen LogP contribution is 2.29. The average molecular weight is 250 g/mol. The molecule has 0 nitrogen and oxygen atoms in total. The second-order valence-electron chi connectivity index (χ2n) is 4.30. The fourth-order valence-corrected chi connectivity index (χ4v) is 1.88. The molecule has 2 rings (SSSR count). The Morgan fingerprint density at radius 2 is 1.89 bits per heavy atom. The smallest absolute Gasteiger partial charge is 0.166 e. The van der Waals surface area contributed by atoms with E-state index in [1.165, 1.54) is 12.5 Å². The van der Waals surface area contributed by atoms with Crippen LogP contribution in [-0.2, 0) is 6.18 Å². The first-order valence-electron chi connectivity index (χ1n) is 5.94. The van der Waals surface area contributed by atoms with E-state index in [0.29, 0.717) is 5.56 Å². The van der Waals surface area contributed by atoms with Crippen LogP contribution >= 0.6 is 0 Å². The summed E-state index contributed by atoms with van der Waals surface area (Å²) in [6.07, 6.45) is 2.02. The first-order chi connectivity index (χ1) is 8.55. The van der Waals surface area contributed by atoms with E-state index in [1.54, 1.807) is 6.07 Å². The summed E-state index contributed by atoms with van der Waals surface area (Å²) in [5, 5.41) is 0. The van der Waals surface area contributed by atoms with Crippen molar-refractivity contribution >= 4 is 0 Å². The molecule has 0 saturated carbocycles. The number of alkyl halides is 3. The first-order valence-corrected chi connectivity index (χ1v) is 5.94. The van der Waals surface area contributed by atoms with E-state index in [0.717, 1.165) is 37.0 Å². The molecule has 0 N–H and O–H groups in total. The lowest BCUT2D eigenvalue weighted by Crippen LogP contribution is -2.04. The molecule has 0 amide bonds. The summed E-state index contributed by atoms with van der Waals surface area (Å²) in [7, 11) is 0. The summed E-state index contributed by atoms with van der Waals surface area (Å²) < 4.78 is 37.5. The van der Waals surface area contributed by atoms with Crippen molar-refractivity contribution in [3.8, 4) is 11.8 Å². The predicted octanol–water partition coefficient (Wildman–Crippen LogP) is 4.56. The van der Waals surface area contributed by atoms with Crippen LogP contribution in [0.3, 0.4) is 0 Å². The number of benzene rings is 1. The highest BCUT2D eigenvalue weighted by atomic mass is 19.4. The zero-order valence-electron chi connectivity index (χ0n) is 9.85. The molecule has 18 heavy (non-hydrogen) atoms. The maximum absolute atomic E-state index is 12.5. The molecule has 0 fully saturated rings. The Balaban J connectivity index is 2.20. The molecule has 0 saturated heterocycles. The van der Waals surface area contributed by atoms with Crippen LogP contribution in [0.25, 0.3) is 0 Å². The Hall–Kier alpha value is -1.69. The van der Waals surface area contributed by atoms with Gasteiger partial charge in [0.15, 0.2) is 0 Å². The summed E-state index contributed by atoms with van der Waals surface area (Å²) in [5.74, 6) is 5.77. The monoisotopic (exact) mass is 250 g/mol. The van der Waals surface area contributed by atoms with Gasteiger partial charge in [0.2, 0.25) is 0 Å². The SMILES string of the molecule is FC(F)(F)c1cccc(C#CC2=CCCCC2)c1. The van der Waals surface area contributed by atoms with Gasteiger partial charge < -0.3 is 0 Å². The molecule has 3 heteroatoms. The molecule has 0 aromatic heterocycles. The zero-order valence-corrected chi connectivity index (χ0v) is 9.85. The second kappa shape index (κ2) is 5.30. The van der Waals surface area contributed by atoms with Crippen LogP contribution in [0.4, 0.5) is 13.2 Å². The molecular formula is C15H13F3. The topological polar surface area (TPSA) is 0 Å². The van der Waals surface area contributed by atoms with Gasteiger partial charge >= 0.3 is 6.18 Å². The Morgan fingerprint density at radius 1 is 1.06 bits per heavy atom. The molecule has 0 atom stereocenters. The Kier molecular flexibility index (Phi) is 3.76. The molecule has 0 bridgehead atoms. The van der Waals surface area contributed by atoms with Gasteiger partial charge in [-0.3, -0.25) is 0 Å². The van der Waals surface area contributed by atoms with Crippen molar-refractivity contribution < 1.29 is 13.2 Å². The summed E-state index contributed by atoms with van der Waals surface area (Å²) in [6, 6.07) is 5.15. The van der Waals surface area contributed by atoms with Crippen molar-refractivity contribution in [2.45, 2.75) is 31.9 Å². The predicted molar refractivity (Wildman–Crippen MR) is 64.9 cm³/mol. The lowest BCUT2D eigenvalue weighted by Gasteiger charge is -2.07. The van der Waals surface area contributed by atoms with E-state index >= 15 is 0 Å². The van der Waals surface area contributed by atoms with Crippen molar-refractivity contribution in [1.82, 2.24) is 0 Å². The highest BCUT2D eigenvalue weighted by Gasteiger charge is 2.30. The second-order valence-corrected chi connectivity index (χ2v) is 4.30. The number of rotatable bonds is 0. The Morgan fingerprint density at radius 3 is 2.56 bits per heavy atom. The summed E-state index contributed by atoms with van der Waals surface area (Å²) >= 11 is 0. The van der Waals surface area contributed by atoms with Gasteiger partial charge in [0, 0.05) is 5.56 Å². The van der Waals surface area contributed by atoms with E-state index in [9.17, 15) is 13.2 Å². The van der Waals surface area contributed by atoms with Crippen molar-refractivity contribution in [2.24, 2.45) is 0 Å². The summed E-state index contributed by atoms with van der Waals surface area (Å²) in [4.78, 5) is 0. The van der Waals surface area contributed by atoms with Crippen LogP contribution in [0.2, 0.25) is 0 Å². The third-order valence-corrected chi connectivity index (χ3v) is 2.85. The van der Waals surface area contributed by atoms with E-state index in [2.05, 4.69) is 17.9 Å². The molecule has 0 aliphatic heterocycles. The van der Waals surface area contributed by atoms with E-state index < -0.39 is 11.7 Å². The van der Waals surface area contributed by atoms with E-state index in [-0.39, 0.29) is 0 Å². The quantitative estimate of drug-likeness (QED) is 0.592. The molecule has 0 unspecified atom stereocenters. The minimum Gasteiger partial charge on any atom is -0.166 e.